The van der Waals surface area contributed by atoms with Crippen LogP contribution in [0.25, 0.3) is 0 Å². The lowest BCUT2D eigenvalue weighted by Crippen LogP contribution is -2.26. The zero-order valence-corrected chi connectivity index (χ0v) is 14.0. The monoisotopic (exact) mass is 332 g/mol. The first-order chi connectivity index (χ1) is 11.5. The lowest BCUT2D eigenvalue weighted by molar-refractivity contribution is 0.0954. The third kappa shape index (κ3) is 4.78. The van der Waals surface area contributed by atoms with E-state index in [9.17, 15) is 13.6 Å². The average Bonchev–Trinajstić information content (AvgIpc) is 2.55. The molecule has 0 radical (unpaired) electrons. The van der Waals surface area contributed by atoms with E-state index >= 15 is 0 Å². The highest BCUT2D eigenvalue weighted by molar-refractivity contribution is 5.94. The van der Waals surface area contributed by atoms with Crippen LogP contribution in [0.5, 0.6) is 0 Å². The van der Waals surface area contributed by atoms with Gasteiger partial charge >= 0.3 is 0 Å². The fourth-order valence-electron chi connectivity index (χ4n) is 2.59. The minimum absolute atomic E-state index is 0.196. The summed E-state index contributed by atoms with van der Waals surface area (Å²) in [4.78, 5) is 14.3. The number of hydrogen-bond donors (Lipinski definition) is 1. The molecule has 0 aliphatic rings. The van der Waals surface area contributed by atoms with Crippen molar-refractivity contribution in [3.63, 3.8) is 0 Å². The smallest absolute Gasteiger partial charge is 0.251 e. The summed E-state index contributed by atoms with van der Waals surface area (Å²) in [5, 5.41) is 2.77. The van der Waals surface area contributed by atoms with Crippen LogP contribution in [0.3, 0.4) is 0 Å². The number of nitrogens with one attached hydrogen (secondary N) is 1. The molecule has 0 aromatic heterocycles. The van der Waals surface area contributed by atoms with Crippen LogP contribution < -0.4 is 10.2 Å². The molecule has 2 aromatic rings. The second kappa shape index (κ2) is 8.43. The molecule has 0 saturated heterocycles. The van der Waals surface area contributed by atoms with E-state index in [1.807, 2.05) is 12.1 Å². The second-order valence-electron chi connectivity index (χ2n) is 5.50. The molecule has 128 valence electrons. The highest BCUT2D eigenvalue weighted by Crippen LogP contribution is 2.15. The summed E-state index contributed by atoms with van der Waals surface area (Å²) in [6.45, 7) is 6.30. The second-order valence-corrected chi connectivity index (χ2v) is 5.50. The van der Waals surface area contributed by atoms with Gasteiger partial charge in [0, 0.05) is 37.0 Å². The van der Waals surface area contributed by atoms with Crippen LogP contribution in [0.2, 0.25) is 0 Å². The van der Waals surface area contributed by atoms with Crippen molar-refractivity contribution >= 4 is 11.6 Å². The quantitative estimate of drug-likeness (QED) is 0.837. The Labute approximate surface area is 141 Å². The maximum atomic E-state index is 13.1. The molecule has 2 aromatic carbocycles. The predicted octanol–water partition coefficient (Wildman–Crippen LogP) is 3.78. The summed E-state index contributed by atoms with van der Waals surface area (Å²) in [7, 11) is 0. The van der Waals surface area contributed by atoms with Crippen molar-refractivity contribution in [1.82, 2.24) is 5.32 Å². The first-order valence-corrected chi connectivity index (χ1v) is 8.11. The van der Waals surface area contributed by atoms with Gasteiger partial charge in [0.25, 0.3) is 5.91 Å². The zero-order valence-electron chi connectivity index (χ0n) is 14.0. The van der Waals surface area contributed by atoms with Crippen LogP contribution in [0.1, 0.15) is 29.8 Å². The van der Waals surface area contributed by atoms with Crippen molar-refractivity contribution in [1.29, 1.82) is 0 Å². The van der Waals surface area contributed by atoms with E-state index in [0.29, 0.717) is 24.1 Å². The summed E-state index contributed by atoms with van der Waals surface area (Å²) in [6, 6.07) is 10.8. The number of carbonyl (C=O) groups excluding carboxylic acids is 1. The van der Waals surface area contributed by atoms with E-state index in [4.69, 9.17) is 0 Å². The fourth-order valence-corrected chi connectivity index (χ4v) is 2.59. The minimum Gasteiger partial charge on any atom is -0.372 e. The summed E-state index contributed by atoms with van der Waals surface area (Å²) in [5.41, 5.74) is 2.16. The van der Waals surface area contributed by atoms with Gasteiger partial charge in [-0.2, -0.15) is 0 Å². The number of amides is 1. The van der Waals surface area contributed by atoms with Gasteiger partial charge in [-0.05, 0) is 62.2 Å². The molecule has 0 atom stereocenters. The molecule has 3 nitrogen and oxygen atoms in total. The van der Waals surface area contributed by atoms with Crippen LogP contribution in [0.4, 0.5) is 14.5 Å². The summed E-state index contributed by atoms with van der Waals surface area (Å²) >= 11 is 0. The van der Waals surface area contributed by atoms with E-state index in [-0.39, 0.29) is 5.91 Å². The number of anilines is 1. The predicted molar refractivity (Wildman–Crippen MR) is 92.4 cm³/mol. The topological polar surface area (TPSA) is 32.3 Å². The SMILES string of the molecule is CCN(CC)c1ccc(C(=O)NCCc2cc(F)cc(F)c2)cc1. The van der Waals surface area contributed by atoms with Gasteiger partial charge in [-0.1, -0.05) is 0 Å². The van der Waals surface area contributed by atoms with Crippen LogP contribution in [0.15, 0.2) is 42.5 Å². The molecule has 24 heavy (non-hydrogen) atoms. The molecule has 0 heterocycles. The molecule has 0 aliphatic carbocycles. The molecular weight excluding hydrogens is 310 g/mol. The lowest BCUT2D eigenvalue weighted by atomic mass is 10.1. The Bertz CT molecular complexity index is 662. The van der Waals surface area contributed by atoms with E-state index < -0.39 is 11.6 Å². The average molecular weight is 332 g/mol. The standard InChI is InChI=1S/C19H22F2N2O/c1-3-23(4-2)18-7-5-15(6-8-18)19(24)22-10-9-14-11-16(20)13-17(21)12-14/h5-8,11-13H,3-4,9-10H2,1-2H3,(H,22,24). The number of carbonyl (C=O) groups is 1. The van der Waals surface area contributed by atoms with Crippen molar-refractivity contribution in [3.8, 4) is 0 Å². The Morgan fingerprint density at radius 1 is 1.00 bits per heavy atom. The molecule has 1 N–H and O–H groups in total. The van der Waals surface area contributed by atoms with E-state index in [1.165, 1.54) is 12.1 Å². The number of nitrogens with zero attached hydrogens (tertiary/aromatic N) is 1. The Morgan fingerprint density at radius 2 is 1.58 bits per heavy atom. The first kappa shape index (κ1) is 17.9. The Balaban J connectivity index is 1.90. The van der Waals surface area contributed by atoms with Crippen molar-refractivity contribution < 1.29 is 13.6 Å². The molecule has 0 fully saturated rings. The van der Waals surface area contributed by atoms with Crippen molar-refractivity contribution in [2.45, 2.75) is 20.3 Å². The van der Waals surface area contributed by atoms with Gasteiger partial charge in [0.15, 0.2) is 0 Å². The lowest BCUT2D eigenvalue weighted by Gasteiger charge is -2.21. The molecular formula is C19H22F2N2O. The maximum absolute atomic E-state index is 13.1. The van der Waals surface area contributed by atoms with Gasteiger partial charge in [0.2, 0.25) is 0 Å². The molecule has 5 heteroatoms. The van der Waals surface area contributed by atoms with Crippen molar-refractivity contribution in [2.24, 2.45) is 0 Å². The Kier molecular flexibility index (Phi) is 6.29. The molecule has 0 spiro atoms. The fraction of sp³-hybridized carbons (Fsp3) is 0.316. The van der Waals surface area contributed by atoms with E-state index in [0.717, 1.165) is 24.8 Å². The normalized spacial score (nSPS) is 10.5. The molecule has 0 bridgehead atoms. The van der Waals surface area contributed by atoms with E-state index in [1.54, 1.807) is 12.1 Å². The van der Waals surface area contributed by atoms with Crippen LogP contribution >= 0.6 is 0 Å². The van der Waals surface area contributed by atoms with Crippen LogP contribution in [0, 0.1) is 11.6 Å². The summed E-state index contributed by atoms with van der Waals surface area (Å²) in [5.74, 6) is -1.41. The molecule has 0 aliphatic heterocycles. The number of hydrogen-bond acceptors (Lipinski definition) is 2. The number of benzene rings is 2. The molecule has 2 rings (SSSR count). The van der Waals surface area contributed by atoms with Crippen molar-refractivity contribution in [2.75, 3.05) is 24.5 Å². The van der Waals surface area contributed by atoms with Gasteiger partial charge < -0.3 is 10.2 Å². The van der Waals surface area contributed by atoms with Gasteiger partial charge in [-0.25, -0.2) is 8.78 Å². The summed E-state index contributed by atoms with van der Waals surface area (Å²) in [6.07, 6.45) is 0.373. The van der Waals surface area contributed by atoms with Gasteiger partial charge in [0.1, 0.15) is 11.6 Å². The number of rotatable bonds is 7. The van der Waals surface area contributed by atoms with Crippen LogP contribution in [-0.4, -0.2) is 25.5 Å². The zero-order chi connectivity index (χ0) is 17.5. The molecule has 1 amide bonds. The van der Waals surface area contributed by atoms with Crippen LogP contribution in [-0.2, 0) is 6.42 Å². The molecule has 0 unspecified atom stereocenters. The third-order valence-electron chi connectivity index (χ3n) is 3.88. The largest absolute Gasteiger partial charge is 0.372 e. The van der Waals surface area contributed by atoms with Gasteiger partial charge in [-0.3, -0.25) is 4.79 Å². The minimum atomic E-state index is -0.608. The van der Waals surface area contributed by atoms with E-state index in [2.05, 4.69) is 24.1 Å². The first-order valence-electron chi connectivity index (χ1n) is 8.11. The highest BCUT2D eigenvalue weighted by atomic mass is 19.1. The van der Waals surface area contributed by atoms with Gasteiger partial charge in [0.05, 0.1) is 0 Å². The Morgan fingerprint density at radius 3 is 2.12 bits per heavy atom. The third-order valence-corrected chi connectivity index (χ3v) is 3.88. The number of halogens is 2. The highest BCUT2D eigenvalue weighted by Gasteiger charge is 2.07. The molecule has 0 saturated carbocycles. The van der Waals surface area contributed by atoms with Crippen molar-refractivity contribution in [3.05, 3.63) is 65.2 Å². The summed E-state index contributed by atoms with van der Waals surface area (Å²) < 4.78 is 26.2. The van der Waals surface area contributed by atoms with Gasteiger partial charge in [-0.15, -0.1) is 0 Å². The Hall–Kier alpha value is -2.43. The maximum Gasteiger partial charge on any atom is 0.251 e.